The predicted octanol–water partition coefficient (Wildman–Crippen LogP) is 8.52. The van der Waals surface area contributed by atoms with Crippen molar-refractivity contribution in [2.75, 3.05) is 10.3 Å². The van der Waals surface area contributed by atoms with Crippen LogP contribution in [0.2, 0.25) is 10.0 Å². The van der Waals surface area contributed by atoms with Gasteiger partial charge in [0.25, 0.3) is 11.8 Å². The van der Waals surface area contributed by atoms with Gasteiger partial charge in [0.05, 0.1) is 39.4 Å². The van der Waals surface area contributed by atoms with Gasteiger partial charge in [-0.25, -0.2) is 4.98 Å². The van der Waals surface area contributed by atoms with Crippen LogP contribution in [0.4, 0.5) is 24.7 Å². The van der Waals surface area contributed by atoms with E-state index in [2.05, 4.69) is 33.0 Å². The molecule has 6 atom stereocenters. The molecule has 2 aliphatic carbocycles. The zero-order chi connectivity index (χ0) is 39.3. The maximum absolute atomic E-state index is 15.4. The van der Waals surface area contributed by atoms with Gasteiger partial charge in [0.2, 0.25) is 11.8 Å². The number of nitrogens with zero attached hydrogens (tertiary/aromatic N) is 3. The molecule has 1 aromatic heterocycles. The van der Waals surface area contributed by atoms with Crippen LogP contribution in [0.5, 0.6) is 5.75 Å². The number of rotatable bonds is 5. The van der Waals surface area contributed by atoms with Crippen molar-refractivity contribution in [3.05, 3.63) is 126 Å². The quantitative estimate of drug-likeness (QED) is 0.117. The maximum Gasteiger partial charge on any atom is 0.417 e. The number of hydrazine groups is 1. The molecule has 3 aromatic carbocycles. The molecule has 55 heavy (non-hydrogen) atoms. The van der Waals surface area contributed by atoms with Gasteiger partial charge in [0.15, 0.2) is 5.82 Å². The summed E-state index contributed by atoms with van der Waals surface area (Å²) in [6.07, 6.45) is -2.10. The first-order chi connectivity index (χ1) is 26.0. The molecule has 0 bridgehead atoms. The normalized spacial score (nSPS) is 26.2. The molecule has 6 unspecified atom stereocenters. The number of pyridine rings is 1. The summed E-state index contributed by atoms with van der Waals surface area (Å²) in [6, 6.07) is 17.7. The number of phenols is 1. The molecule has 1 saturated carbocycles. The minimum absolute atomic E-state index is 0.0152. The highest BCUT2D eigenvalue weighted by Crippen LogP contribution is 2.64. The van der Waals surface area contributed by atoms with Crippen molar-refractivity contribution in [3.8, 4) is 5.75 Å². The van der Waals surface area contributed by atoms with Crippen LogP contribution in [0.25, 0.3) is 0 Å². The van der Waals surface area contributed by atoms with Gasteiger partial charge in [-0.3, -0.25) is 29.5 Å². The lowest BCUT2D eigenvalue weighted by atomic mass is 9.49. The second-order valence-corrected chi connectivity index (χ2v) is 16.5. The number of halogens is 6. The minimum Gasteiger partial charge on any atom is -0.507 e. The van der Waals surface area contributed by atoms with E-state index in [4.69, 9.17) is 23.2 Å². The summed E-state index contributed by atoms with van der Waals surface area (Å²) >= 11 is 14.8. The number of nitrogens with one attached hydrogen (secondary N) is 1. The van der Waals surface area contributed by atoms with E-state index in [1.807, 2.05) is 6.08 Å². The molecule has 3 heterocycles. The number of benzene rings is 3. The summed E-state index contributed by atoms with van der Waals surface area (Å²) in [5, 5.41) is 11.5. The van der Waals surface area contributed by atoms with E-state index in [0.29, 0.717) is 50.8 Å². The third kappa shape index (κ3) is 5.75. The first-order valence-corrected chi connectivity index (χ1v) is 19.1. The molecule has 15 heteroatoms. The summed E-state index contributed by atoms with van der Waals surface area (Å²) in [5.74, 6) is -6.82. The fourth-order valence-corrected chi connectivity index (χ4v) is 9.85. The van der Waals surface area contributed by atoms with Gasteiger partial charge < -0.3 is 5.11 Å². The number of hydrogen-bond acceptors (Lipinski definition) is 7. The van der Waals surface area contributed by atoms with Crippen LogP contribution in [0.1, 0.15) is 46.6 Å². The average Bonchev–Trinajstić information content (AvgIpc) is 3.52. The molecule has 0 radical (unpaired) electrons. The summed E-state index contributed by atoms with van der Waals surface area (Å²) < 4.78 is 41.4. The van der Waals surface area contributed by atoms with Gasteiger partial charge in [-0.1, -0.05) is 59.1 Å². The van der Waals surface area contributed by atoms with Crippen molar-refractivity contribution >= 4 is 80.9 Å². The van der Waals surface area contributed by atoms with E-state index in [1.54, 1.807) is 74.5 Å². The van der Waals surface area contributed by atoms with E-state index < -0.39 is 69.5 Å². The lowest BCUT2D eigenvalue weighted by molar-refractivity contribution is -0.139. The number of allylic oxidation sites excluding steroid dienone is 2. The van der Waals surface area contributed by atoms with Crippen molar-refractivity contribution < 1.29 is 37.5 Å². The highest BCUT2D eigenvalue weighted by molar-refractivity contribution is 14.1. The molecule has 8 rings (SSSR count). The van der Waals surface area contributed by atoms with Gasteiger partial charge in [-0.05, 0) is 120 Å². The number of amides is 4. The molecule has 0 spiro atoms. The largest absolute Gasteiger partial charge is 0.507 e. The second kappa shape index (κ2) is 13.3. The predicted molar refractivity (Wildman–Crippen MR) is 206 cm³/mol. The number of aromatic nitrogens is 1. The number of hydrogen-bond donors (Lipinski definition) is 2. The molecular weight excluding hydrogens is 871 g/mol. The number of imide groups is 2. The number of phenolic OH excluding ortho intramolecular Hbond substituents is 1. The molecule has 2 saturated heterocycles. The average molecular weight is 902 g/mol. The van der Waals surface area contributed by atoms with Crippen LogP contribution in [0, 0.1) is 41.1 Å². The second-order valence-electron chi connectivity index (χ2n) is 14.4. The Kier molecular flexibility index (Phi) is 9.08. The van der Waals surface area contributed by atoms with Crippen LogP contribution in [0.15, 0.2) is 84.6 Å². The van der Waals surface area contributed by atoms with Gasteiger partial charge >= 0.3 is 6.18 Å². The zero-order valence-corrected chi connectivity index (χ0v) is 32.7. The molecule has 4 aromatic rings. The number of alkyl halides is 3. The third-order valence-corrected chi connectivity index (χ3v) is 12.7. The fraction of sp³-hybridized carbons (Fsp3) is 0.275. The Morgan fingerprint density at radius 2 is 1.56 bits per heavy atom. The Hall–Kier alpha value is -4.47. The molecule has 4 aliphatic rings. The third-order valence-electron chi connectivity index (χ3n) is 11.5. The highest BCUT2D eigenvalue weighted by Gasteiger charge is 2.70. The van der Waals surface area contributed by atoms with Crippen LogP contribution in [-0.2, 0) is 30.8 Å². The Labute approximate surface area is 336 Å². The summed E-state index contributed by atoms with van der Waals surface area (Å²) in [6.45, 7) is 3.44. The topological polar surface area (TPSA) is 120 Å². The fourth-order valence-electron chi connectivity index (χ4n) is 9.16. The van der Waals surface area contributed by atoms with Gasteiger partial charge in [-0.2, -0.15) is 18.2 Å². The Morgan fingerprint density at radius 3 is 2.18 bits per heavy atom. The first-order valence-electron chi connectivity index (χ1n) is 17.3. The number of fused-ring (bicyclic) bond motifs is 4. The summed E-state index contributed by atoms with van der Waals surface area (Å²) in [4.78, 5) is 63.8. The Morgan fingerprint density at radius 1 is 0.909 bits per heavy atom. The zero-order valence-electron chi connectivity index (χ0n) is 29.0. The highest BCUT2D eigenvalue weighted by atomic mass is 127. The van der Waals surface area contributed by atoms with Crippen molar-refractivity contribution in [2.24, 2.45) is 23.7 Å². The Bertz CT molecular complexity index is 2330. The number of carbonyl (C=O) groups excluding carboxylic acids is 4. The van der Waals surface area contributed by atoms with Crippen molar-refractivity contribution in [3.63, 3.8) is 0 Å². The smallest absolute Gasteiger partial charge is 0.417 e. The van der Waals surface area contributed by atoms with Crippen LogP contribution in [0.3, 0.4) is 0 Å². The summed E-state index contributed by atoms with van der Waals surface area (Å²) in [5.41, 5.74) is 2.99. The molecular formula is C40H30Cl2F3IN4O5. The SMILES string of the molecule is Cc1cc(C2C3=CCC4C(=O)N(c5ccc(I)cc5)C(=O)C4C3CC3C(=O)N(Nc4ncc(C(F)(F)F)cc4Cl)C(=O)C32c2ccc(Cl)cc2)cc(C)c1O. The summed E-state index contributed by atoms with van der Waals surface area (Å²) in [7, 11) is 0. The monoisotopic (exact) mass is 900 g/mol. The van der Waals surface area contributed by atoms with Gasteiger partial charge in [-0.15, -0.1) is 0 Å². The van der Waals surface area contributed by atoms with E-state index in [1.165, 1.54) is 4.90 Å². The standard InChI is InChI=1S/C40H30Cl2F3IN4O5/c1-18-13-20(14-19(2)33(18)51)32-26-11-12-27-31(37(54)49(35(27)52)25-9-7-24(46)8-10-25)28(26)16-29-36(53)50(38(55)39(29,32)21-3-5-23(41)6-4-21)48-34-30(42)15-22(17-47-34)40(43,44)45/h3-11,13-15,17,27-29,31-32,51H,12,16H2,1-2H3,(H,47,48). The van der Waals surface area contributed by atoms with Crippen LogP contribution in [-0.4, -0.2) is 38.7 Å². The lowest BCUT2D eigenvalue weighted by Gasteiger charge is -2.50. The van der Waals surface area contributed by atoms with Gasteiger partial charge in [0, 0.05) is 20.7 Å². The van der Waals surface area contributed by atoms with Crippen LogP contribution >= 0.6 is 45.8 Å². The van der Waals surface area contributed by atoms with Crippen LogP contribution < -0.4 is 10.3 Å². The number of aromatic hydroxyl groups is 1. The maximum atomic E-state index is 15.4. The molecule has 2 aliphatic heterocycles. The lowest BCUT2D eigenvalue weighted by Crippen LogP contribution is -2.53. The molecule has 4 amide bonds. The molecule has 3 fully saturated rings. The number of aryl methyl sites for hydroxylation is 2. The van der Waals surface area contributed by atoms with E-state index in [9.17, 15) is 32.7 Å². The molecule has 9 nitrogen and oxygen atoms in total. The number of carbonyl (C=O) groups is 4. The molecule has 2 N–H and O–H groups in total. The van der Waals surface area contributed by atoms with E-state index in [-0.39, 0.29) is 30.3 Å². The van der Waals surface area contributed by atoms with E-state index >= 15 is 4.79 Å². The van der Waals surface area contributed by atoms with Gasteiger partial charge in [0.1, 0.15) is 5.75 Å². The van der Waals surface area contributed by atoms with Crippen molar-refractivity contribution in [1.29, 1.82) is 0 Å². The minimum atomic E-state index is -4.74. The van der Waals surface area contributed by atoms with E-state index in [0.717, 1.165) is 8.58 Å². The van der Waals surface area contributed by atoms with Crippen molar-refractivity contribution in [1.82, 2.24) is 9.99 Å². The van der Waals surface area contributed by atoms with Crippen molar-refractivity contribution in [2.45, 2.75) is 44.2 Å². The molecule has 282 valence electrons. The Balaban J connectivity index is 1.32. The number of anilines is 2. The first kappa shape index (κ1) is 37.5.